The smallest absolute Gasteiger partial charge is 0.290 e. The summed E-state index contributed by atoms with van der Waals surface area (Å²) in [6.07, 6.45) is 1.58. The van der Waals surface area contributed by atoms with Crippen LogP contribution in [0.4, 0.5) is 0 Å². The van der Waals surface area contributed by atoms with Crippen molar-refractivity contribution in [1.29, 1.82) is 0 Å². The number of benzene rings is 2. The topological polar surface area (TPSA) is 72.2 Å². The Morgan fingerprint density at radius 1 is 1.00 bits per heavy atom. The molecular weight excluding hydrogens is 444 g/mol. The molecule has 1 aliphatic rings. The summed E-state index contributed by atoms with van der Waals surface area (Å²) in [5.74, 6) is 1.06. The van der Waals surface area contributed by atoms with Crippen LogP contribution in [0.3, 0.4) is 0 Å². The predicted octanol–water partition coefficient (Wildman–Crippen LogP) is 4.65. The van der Waals surface area contributed by atoms with Crippen molar-refractivity contribution >= 4 is 16.9 Å². The average molecular weight is 479 g/mol. The van der Waals surface area contributed by atoms with Crippen molar-refractivity contribution in [2.45, 2.75) is 39.7 Å². The number of nitrogens with zero attached hydrogens (tertiary/aromatic N) is 2. The van der Waals surface area contributed by atoms with Gasteiger partial charge >= 0.3 is 0 Å². The van der Waals surface area contributed by atoms with Crippen LogP contribution in [0.1, 0.15) is 60.5 Å². The van der Waals surface area contributed by atoms with Gasteiger partial charge in [0, 0.05) is 12.1 Å². The molecule has 0 radical (unpaired) electrons. The molecule has 0 saturated heterocycles. The third-order valence-corrected chi connectivity index (χ3v) is 6.94. The zero-order valence-corrected chi connectivity index (χ0v) is 21.2. The zero-order valence-electron chi connectivity index (χ0n) is 21.2. The minimum atomic E-state index is -0.620. The maximum absolute atomic E-state index is 13.9. The summed E-state index contributed by atoms with van der Waals surface area (Å²) in [4.78, 5) is 31.6. The van der Waals surface area contributed by atoms with Gasteiger partial charge in [0.05, 0.1) is 31.2 Å². The van der Waals surface area contributed by atoms with E-state index >= 15 is 0 Å². The highest BCUT2D eigenvalue weighted by Crippen LogP contribution is 2.42. The van der Waals surface area contributed by atoms with Crippen LogP contribution >= 0.6 is 0 Å². The minimum absolute atomic E-state index is 0.115. The lowest BCUT2D eigenvalue weighted by Crippen LogP contribution is -2.33. The number of fused-ring (bicyclic) bond motifs is 2. The van der Waals surface area contributed by atoms with Gasteiger partial charge in [-0.2, -0.15) is 0 Å². The molecule has 7 heteroatoms. The highest BCUT2D eigenvalue weighted by atomic mass is 16.5. The molecule has 1 aromatic heterocycles. The summed E-state index contributed by atoms with van der Waals surface area (Å²) in [5.41, 5.74) is 2.37. The molecule has 0 aliphatic carbocycles. The number of ether oxygens (including phenoxy) is 2. The van der Waals surface area contributed by atoms with Crippen molar-refractivity contribution in [2.75, 3.05) is 40.4 Å². The minimum Gasteiger partial charge on any atom is -0.497 e. The normalized spacial score (nSPS) is 15.2. The van der Waals surface area contributed by atoms with Crippen molar-refractivity contribution in [3.05, 3.63) is 69.1 Å². The Labute approximate surface area is 206 Å². The van der Waals surface area contributed by atoms with Crippen molar-refractivity contribution in [3.8, 4) is 11.5 Å². The van der Waals surface area contributed by atoms with Crippen LogP contribution in [0, 0.1) is 0 Å². The molecule has 186 valence electrons. The van der Waals surface area contributed by atoms with Crippen molar-refractivity contribution in [1.82, 2.24) is 9.80 Å². The summed E-state index contributed by atoms with van der Waals surface area (Å²) >= 11 is 0. The largest absolute Gasteiger partial charge is 0.497 e. The number of hydrogen-bond donors (Lipinski definition) is 0. The molecular formula is C28H34N2O5. The molecule has 2 aromatic carbocycles. The number of hydrogen-bond acceptors (Lipinski definition) is 6. The van der Waals surface area contributed by atoms with Crippen LogP contribution in [0.2, 0.25) is 0 Å². The summed E-state index contributed by atoms with van der Waals surface area (Å²) in [7, 11) is 3.18. The third-order valence-electron chi connectivity index (χ3n) is 6.94. The van der Waals surface area contributed by atoms with E-state index in [4.69, 9.17) is 13.9 Å². The number of rotatable bonds is 10. The molecule has 2 heterocycles. The first-order valence-corrected chi connectivity index (χ1v) is 12.3. The Bertz CT molecular complexity index is 1280. The molecule has 0 fully saturated rings. The van der Waals surface area contributed by atoms with Gasteiger partial charge in [-0.05, 0) is 68.4 Å². The van der Waals surface area contributed by atoms with Crippen LogP contribution in [0.5, 0.6) is 11.5 Å². The second kappa shape index (κ2) is 10.5. The number of methoxy groups -OCH3 is 2. The molecule has 35 heavy (non-hydrogen) atoms. The van der Waals surface area contributed by atoms with Crippen LogP contribution < -0.4 is 14.9 Å². The van der Waals surface area contributed by atoms with Gasteiger partial charge in [0.15, 0.2) is 5.43 Å². The van der Waals surface area contributed by atoms with E-state index in [-0.39, 0.29) is 17.1 Å². The first kappa shape index (κ1) is 24.8. The van der Waals surface area contributed by atoms with Crippen LogP contribution in [0.25, 0.3) is 11.0 Å². The lowest BCUT2D eigenvalue weighted by atomic mass is 9.96. The Morgan fingerprint density at radius 3 is 2.43 bits per heavy atom. The van der Waals surface area contributed by atoms with Gasteiger partial charge in [0.25, 0.3) is 5.91 Å². The Morgan fingerprint density at radius 2 is 1.77 bits per heavy atom. The molecule has 1 amide bonds. The molecule has 0 N–H and O–H groups in total. The standard InChI is InChI=1S/C28H34N2O5/c1-6-18-10-12-23-21(16-18)26(31)24-25(20-17-19(33-4)11-13-22(20)34-5)30(28(32)27(24)35-23)15-9-14-29(7-2)8-3/h10-13,16-17,25H,6-9,14-15H2,1-5H3. The second-order valence-corrected chi connectivity index (χ2v) is 8.75. The molecule has 3 aromatic rings. The fraction of sp³-hybridized carbons (Fsp3) is 0.429. The van der Waals surface area contributed by atoms with Crippen molar-refractivity contribution < 1.29 is 18.7 Å². The van der Waals surface area contributed by atoms with Gasteiger partial charge < -0.3 is 23.7 Å². The van der Waals surface area contributed by atoms with Crippen LogP contribution in [0.15, 0.2) is 45.6 Å². The predicted molar refractivity (Wildman–Crippen MR) is 137 cm³/mol. The van der Waals surface area contributed by atoms with Crippen LogP contribution in [-0.2, 0) is 6.42 Å². The number of carbonyl (C=O) groups excluding carboxylic acids is 1. The van der Waals surface area contributed by atoms with Gasteiger partial charge in [-0.15, -0.1) is 0 Å². The Kier molecular flexibility index (Phi) is 7.45. The SMILES string of the molecule is CCc1ccc2oc3c(c(=O)c2c1)C(c1cc(OC)ccc1OC)N(CCCN(CC)CC)C3=O. The van der Waals surface area contributed by atoms with E-state index < -0.39 is 6.04 Å². The number of amides is 1. The van der Waals surface area contributed by atoms with Gasteiger partial charge in [-0.3, -0.25) is 9.59 Å². The second-order valence-electron chi connectivity index (χ2n) is 8.75. The summed E-state index contributed by atoms with van der Waals surface area (Å²) in [6, 6.07) is 10.4. The van der Waals surface area contributed by atoms with E-state index in [2.05, 4.69) is 18.7 Å². The van der Waals surface area contributed by atoms with E-state index in [9.17, 15) is 9.59 Å². The maximum atomic E-state index is 13.9. The van der Waals surface area contributed by atoms with E-state index in [0.29, 0.717) is 40.1 Å². The van der Waals surface area contributed by atoms with E-state index in [1.165, 1.54) is 0 Å². The highest BCUT2D eigenvalue weighted by Gasteiger charge is 2.43. The molecule has 0 spiro atoms. The fourth-order valence-electron chi connectivity index (χ4n) is 4.90. The summed E-state index contributed by atoms with van der Waals surface area (Å²) in [6.45, 7) is 9.54. The molecule has 1 aliphatic heterocycles. The van der Waals surface area contributed by atoms with Gasteiger partial charge in [-0.1, -0.05) is 26.8 Å². The summed E-state index contributed by atoms with van der Waals surface area (Å²) in [5, 5.41) is 0.493. The molecule has 1 unspecified atom stereocenters. The van der Waals surface area contributed by atoms with Crippen molar-refractivity contribution in [2.24, 2.45) is 0 Å². The fourth-order valence-corrected chi connectivity index (χ4v) is 4.90. The van der Waals surface area contributed by atoms with Gasteiger partial charge in [-0.25, -0.2) is 0 Å². The molecule has 0 bridgehead atoms. The Hall–Kier alpha value is -3.32. The van der Waals surface area contributed by atoms with Gasteiger partial charge in [0.1, 0.15) is 17.1 Å². The van der Waals surface area contributed by atoms with Crippen LogP contribution in [-0.4, -0.2) is 56.1 Å². The summed E-state index contributed by atoms with van der Waals surface area (Å²) < 4.78 is 17.2. The first-order valence-electron chi connectivity index (χ1n) is 12.3. The van der Waals surface area contributed by atoms with E-state index in [1.807, 2.05) is 31.2 Å². The monoisotopic (exact) mass is 478 g/mol. The van der Waals surface area contributed by atoms with E-state index in [0.717, 1.165) is 38.0 Å². The Balaban J connectivity index is 1.88. The average Bonchev–Trinajstić information content (AvgIpc) is 3.17. The molecule has 4 rings (SSSR count). The molecule has 1 atom stereocenters. The highest BCUT2D eigenvalue weighted by molar-refractivity contribution is 5.99. The quantitative estimate of drug-likeness (QED) is 0.422. The third kappa shape index (κ3) is 4.52. The molecule has 7 nitrogen and oxygen atoms in total. The lowest BCUT2D eigenvalue weighted by Gasteiger charge is -2.28. The zero-order chi connectivity index (χ0) is 25.1. The first-order chi connectivity index (χ1) is 17.0. The maximum Gasteiger partial charge on any atom is 0.290 e. The van der Waals surface area contributed by atoms with Gasteiger partial charge in [0.2, 0.25) is 5.76 Å². The number of carbonyl (C=O) groups is 1. The lowest BCUT2D eigenvalue weighted by molar-refractivity contribution is 0.0718. The van der Waals surface area contributed by atoms with Crippen molar-refractivity contribution in [3.63, 3.8) is 0 Å². The molecule has 0 saturated carbocycles. The number of aryl methyl sites for hydroxylation is 1. The van der Waals surface area contributed by atoms with E-state index in [1.54, 1.807) is 31.3 Å².